The third-order valence-electron chi connectivity index (χ3n) is 4.60. The fourth-order valence-electron chi connectivity index (χ4n) is 3.09. The zero-order valence-electron chi connectivity index (χ0n) is 16.7. The Kier molecular flexibility index (Phi) is 5.67. The Morgan fingerprint density at radius 2 is 1.76 bits per heavy atom. The lowest BCUT2D eigenvalue weighted by atomic mass is 10.2. The molecule has 29 heavy (non-hydrogen) atoms. The summed E-state index contributed by atoms with van der Waals surface area (Å²) >= 11 is 1.70. The fourth-order valence-corrected chi connectivity index (χ4v) is 4.12. The maximum absolute atomic E-state index is 5.26. The Morgan fingerprint density at radius 3 is 2.38 bits per heavy atom. The van der Waals surface area contributed by atoms with Gasteiger partial charge in [-0.25, -0.2) is 4.68 Å². The summed E-state index contributed by atoms with van der Waals surface area (Å²) in [7, 11) is 1.67. The first-order valence-corrected chi connectivity index (χ1v) is 10.5. The van der Waals surface area contributed by atoms with Gasteiger partial charge in [-0.1, -0.05) is 23.9 Å². The second kappa shape index (κ2) is 8.53. The molecule has 0 spiro atoms. The van der Waals surface area contributed by atoms with Crippen LogP contribution in [-0.4, -0.2) is 31.7 Å². The Hall–Kier alpha value is -3.06. The van der Waals surface area contributed by atoms with Gasteiger partial charge in [0, 0.05) is 29.8 Å². The molecule has 0 fully saturated rings. The summed E-state index contributed by atoms with van der Waals surface area (Å²) in [5, 5.41) is 14.1. The van der Waals surface area contributed by atoms with Crippen LogP contribution in [0.5, 0.6) is 5.75 Å². The highest BCUT2D eigenvalue weighted by atomic mass is 32.2. The van der Waals surface area contributed by atoms with E-state index in [9.17, 15) is 0 Å². The standard InChI is InChI=1S/C22H23N5OS/c1-16(2)27-21(18-7-11-20(28-3)12-8-18)24-25-22(27)29-15-17-5-9-19(10-6-17)26-14-4-13-23-26/h4-14,16H,15H2,1-3H3. The number of aromatic nitrogens is 5. The van der Waals surface area contributed by atoms with Crippen LogP contribution >= 0.6 is 11.8 Å². The van der Waals surface area contributed by atoms with E-state index in [2.05, 4.69) is 58.0 Å². The van der Waals surface area contributed by atoms with Crippen molar-refractivity contribution in [3.8, 4) is 22.8 Å². The Labute approximate surface area is 174 Å². The van der Waals surface area contributed by atoms with Crippen molar-refractivity contribution in [2.24, 2.45) is 0 Å². The lowest BCUT2D eigenvalue weighted by molar-refractivity contribution is 0.415. The number of nitrogens with zero attached hydrogens (tertiary/aromatic N) is 5. The minimum Gasteiger partial charge on any atom is -0.497 e. The molecule has 4 aromatic rings. The lowest BCUT2D eigenvalue weighted by Gasteiger charge is -2.14. The number of hydrogen-bond donors (Lipinski definition) is 0. The molecule has 0 saturated heterocycles. The molecule has 0 aliphatic rings. The van der Waals surface area contributed by atoms with Gasteiger partial charge in [0.15, 0.2) is 11.0 Å². The molecule has 148 valence electrons. The van der Waals surface area contributed by atoms with Gasteiger partial charge in [-0.15, -0.1) is 10.2 Å². The largest absolute Gasteiger partial charge is 0.497 e. The van der Waals surface area contributed by atoms with Crippen LogP contribution in [-0.2, 0) is 5.75 Å². The van der Waals surface area contributed by atoms with Crippen LogP contribution in [0.15, 0.2) is 72.1 Å². The molecule has 2 aromatic carbocycles. The predicted octanol–water partition coefficient (Wildman–Crippen LogP) is 5.01. The van der Waals surface area contributed by atoms with E-state index in [1.165, 1.54) is 5.56 Å². The van der Waals surface area contributed by atoms with Gasteiger partial charge in [-0.05, 0) is 61.9 Å². The van der Waals surface area contributed by atoms with Crippen LogP contribution in [0.3, 0.4) is 0 Å². The first-order chi connectivity index (χ1) is 14.2. The van der Waals surface area contributed by atoms with Crippen molar-refractivity contribution < 1.29 is 4.74 Å². The zero-order valence-corrected chi connectivity index (χ0v) is 17.5. The van der Waals surface area contributed by atoms with E-state index in [4.69, 9.17) is 4.74 Å². The maximum Gasteiger partial charge on any atom is 0.192 e. The normalized spacial score (nSPS) is 11.2. The molecule has 0 bridgehead atoms. The fraction of sp³-hybridized carbons (Fsp3) is 0.227. The summed E-state index contributed by atoms with van der Waals surface area (Å²) in [6.45, 7) is 4.30. The van der Waals surface area contributed by atoms with Gasteiger partial charge in [-0.3, -0.25) is 4.57 Å². The van der Waals surface area contributed by atoms with Gasteiger partial charge in [0.05, 0.1) is 12.8 Å². The summed E-state index contributed by atoms with van der Waals surface area (Å²) in [6, 6.07) is 18.5. The summed E-state index contributed by atoms with van der Waals surface area (Å²) in [4.78, 5) is 0. The average molecular weight is 406 g/mol. The molecule has 2 aromatic heterocycles. The average Bonchev–Trinajstić information content (AvgIpc) is 3.43. The highest BCUT2D eigenvalue weighted by molar-refractivity contribution is 7.98. The minimum absolute atomic E-state index is 0.256. The van der Waals surface area contributed by atoms with E-state index in [-0.39, 0.29) is 6.04 Å². The van der Waals surface area contributed by atoms with E-state index in [1.807, 2.05) is 41.2 Å². The molecule has 0 aliphatic heterocycles. The van der Waals surface area contributed by atoms with E-state index in [1.54, 1.807) is 25.1 Å². The van der Waals surface area contributed by atoms with Crippen LogP contribution in [0, 0.1) is 0 Å². The van der Waals surface area contributed by atoms with Gasteiger partial charge in [0.1, 0.15) is 5.75 Å². The van der Waals surface area contributed by atoms with Crippen molar-refractivity contribution in [3.05, 3.63) is 72.6 Å². The molecule has 0 unspecified atom stereocenters. The molecule has 2 heterocycles. The van der Waals surface area contributed by atoms with Crippen LogP contribution in [0.1, 0.15) is 25.5 Å². The number of methoxy groups -OCH3 is 1. The summed E-state index contributed by atoms with van der Waals surface area (Å²) in [6.07, 6.45) is 3.72. The summed E-state index contributed by atoms with van der Waals surface area (Å²) < 4.78 is 9.29. The van der Waals surface area contributed by atoms with Crippen molar-refractivity contribution in [2.45, 2.75) is 30.8 Å². The van der Waals surface area contributed by atoms with Crippen LogP contribution in [0.2, 0.25) is 0 Å². The summed E-state index contributed by atoms with van der Waals surface area (Å²) in [5.41, 5.74) is 3.31. The molecule has 7 heteroatoms. The second-order valence-electron chi connectivity index (χ2n) is 6.90. The molecule has 0 saturated carbocycles. The minimum atomic E-state index is 0.256. The van der Waals surface area contributed by atoms with Gasteiger partial charge >= 0.3 is 0 Å². The second-order valence-corrected chi connectivity index (χ2v) is 7.85. The molecule has 6 nitrogen and oxygen atoms in total. The van der Waals surface area contributed by atoms with Crippen molar-refractivity contribution in [1.82, 2.24) is 24.5 Å². The Morgan fingerprint density at radius 1 is 1.00 bits per heavy atom. The number of benzene rings is 2. The van der Waals surface area contributed by atoms with Crippen molar-refractivity contribution in [2.75, 3.05) is 7.11 Å². The number of ether oxygens (including phenoxy) is 1. The van der Waals surface area contributed by atoms with Gasteiger partial charge < -0.3 is 4.74 Å². The highest BCUT2D eigenvalue weighted by Crippen LogP contribution is 2.30. The van der Waals surface area contributed by atoms with E-state index >= 15 is 0 Å². The molecular formula is C22H23N5OS. The quantitative estimate of drug-likeness (QED) is 0.404. The predicted molar refractivity (Wildman–Crippen MR) is 116 cm³/mol. The number of rotatable bonds is 7. The topological polar surface area (TPSA) is 57.8 Å². The number of hydrogen-bond acceptors (Lipinski definition) is 5. The molecule has 4 rings (SSSR count). The van der Waals surface area contributed by atoms with Gasteiger partial charge in [0.2, 0.25) is 0 Å². The maximum atomic E-state index is 5.26. The zero-order chi connectivity index (χ0) is 20.2. The first kappa shape index (κ1) is 19.3. The molecular weight excluding hydrogens is 382 g/mol. The SMILES string of the molecule is COc1ccc(-c2nnc(SCc3ccc(-n4cccn4)cc3)n2C(C)C)cc1. The molecule has 0 amide bonds. The van der Waals surface area contributed by atoms with Crippen LogP contribution < -0.4 is 4.74 Å². The molecule has 0 atom stereocenters. The number of thioether (sulfide) groups is 1. The van der Waals surface area contributed by atoms with E-state index < -0.39 is 0 Å². The summed E-state index contributed by atoms with van der Waals surface area (Å²) in [5.74, 6) is 2.53. The third kappa shape index (κ3) is 4.19. The van der Waals surface area contributed by atoms with Gasteiger partial charge in [-0.2, -0.15) is 5.10 Å². The van der Waals surface area contributed by atoms with E-state index in [0.717, 1.165) is 33.7 Å². The van der Waals surface area contributed by atoms with Crippen LogP contribution in [0.25, 0.3) is 17.1 Å². The smallest absolute Gasteiger partial charge is 0.192 e. The Balaban J connectivity index is 1.52. The Bertz CT molecular complexity index is 1050. The van der Waals surface area contributed by atoms with Gasteiger partial charge in [0.25, 0.3) is 0 Å². The molecule has 0 N–H and O–H groups in total. The lowest BCUT2D eigenvalue weighted by Crippen LogP contribution is -2.05. The van der Waals surface area contributed by atoms with Crippen molar-refractivity contribution >= 4 is 11.8 Å². The first-order valence-electron chi connectivity index (χ1n) is 9.47. The third-order valence-corrected chi connectivity index (χ3v) is 5.62. The highest BCUT2D eigenvalue weighted by Gasteiger charge is 2.17. The van der Waals surface area contributed by atoms with Crippen molar-refractivity contribution in [1.29, 1.82) is 0 Å². The molecule has 0 radical (unpaired) electrons. The van der Waals surface area contributed by atoms with Crippen molar-refractivity contribution in [3.63, 3.8) is 0 Å². The van der Waals surface area contributed by atoms with Crippen LogP contribution in [0.4, 0.5) is 0 Å². The molecule has 0 aliphatic carbocycles. The monoisotopic (exact) mass is 405 g/mol. The van der Waals surface area contributed by atoms with E-state index in [0.29, 0.717) is 0 Å².